The molecule has 128 valence electrons. The SMILES string of the molecule is CO[C@H]1CCCN(C(=O)c2cc(C)no2)[C@H]1Cc1ccc(F)cc1. The molecular weight excluding hydrogens is 311 g/mol. The summed E-state index contributed by atoms with van der Waals surface area (Å²) in [5.74, 6) is -0.200. The van der Waals surface area contributed by atoms with Crippen LogP contribution < -0.4 is 0 Å². The minimum Gasteiger partial charge on any atom is -0.379 e. The van der Waals surface area contributed by atoms with E-state index in [2.05, 4.69) is 5.16 Å². The number of hydrogen-bond donors (Lipinski definition) is 0. The number of methoxy groups -OCH3 is 1. The van der Waals surface area contributed by atoms with E-state index in [0.717, 1.165) is 18.4 Å². The lowest BCUT2D eigenvalue weighted by atomic mass is 9.92. The molecule has 0 bridgehead atoms. The number of hydrogen-bond acceptors (Lipinski definition) is 4. The summed E-state index contributed by atoms with van der Waals surface area (Å²) in [4.78, 5) is 14.6. The number of nitrogens with zero attached hydrogens (tertiary/aromatic N) is 2. The number of carbonyl (C=O) groups is 1. The lowest BCUT2D eigenvalue weighted by Gasteiger charge is -2.40. The summed E-state index contributed by atoms with van der Waals surface area (Å²) in [6.07, 6.45) is 2.31. The van der Waals surface area contributed by atoms with Crippen LogP contribution in [0.4, 0.5) is 4.39 Å². The maximum atomic E-state index is 13.1. The fourth-order valence-electron chi connectivity index (χ4n) is 3.26. The molecule has 0 unspecified atom stereocenters. The number of benzene rings is 1. The molecule has 0 spiro atoms. The van der Waals surface area contributed by atoms with Crippen LogP contribution in [0, 0.1) is 12.7 Å². The zero-order valence-corrected chi connectivity index (χ0v) is 13.9. The van der Waals surface area contributed by atoms with E-state index in [1.54, 1.807) is 37.1 Å². The molecule has 0 N–H and O–H groups in total. The Bertz CT molecular complexity index is 699. The number of carbonyl (C=O) groups excluding carboxylic acids is 1. The summed E-state index contributed by atoms with van der Waals surface area (Å²) < 4.78 is 23.9. The highest BCUT2D eigenvalue weighted by atomic mass is 19.1. The minimum atomic E-state index is -0.268. The Morgan fingerprint density at radius 2 is 2.17 bits per heavy atom. The van der Waals surface area contributed by atoms with Gasteiger partial charge >= 0.3 is 0 Å². The number of aromatic nitrogens is 1. The lowest BCUT2D eigenvalue weighted by molar-refractivity contribution is -0.0132. The van der Waals surface area contributed by atoms with Crippen molar-refractivity contribution in [3.63, 3.8) is 0 Å². The minimum absolute atomic E-state index is 0.0585. The molecule has 1 aliphatic heterocycles. The molecule has 6 heteroatoms. The second kappa shape index (κ2) is 7.13. The smallest absolute Gasteiger partial charge is 0.292 e. The number of piperidine rings is 1. The van der Waals surface area contributed by atoms with Gasteiger partial charge in [0.2, 0.25) is 5.76 Å². The molecule has 3 rings (SSSR count). The van der Waals surface area contributed by atoms with Gasteiger partial charge in [-0.05, 0) is 43.9 Å². The Hall–Kier alpha value is -2.21. The number of halogens is 1. The van der Waals surface area contributed by atoms with Crippen molar-refractivity contribution >= 4 is 5.91 Å². The highest BCUT2D eigenvalue weighted by Gasteiger charge is 2.36. The topological polar surface area (TPSA) is 55.6 Å². The monoisotopic (exact) mass is 332 g/mol. The molecule has 1 aliphatic rings. The average molecular weight is 332 g/mol. The zero-order valence-electron chi connectivity index (χ0n) is 13.9. The van der Waals surface area contributed by atoms with Crippen LogP contribution in [0.25, 0.3) is 0 Å². The second-order valence-electron chi connectivity index (χ2n) is 6.15. The molecule has 24 heavy (non-hydrogen) atoms. The van der Waals surface area contributed by atoms with Crippen LogP contribution in [-0.2, 0) is 11.2 Å². The molecule has 1 saturated heterocycles. The van der Waals surface area contributed by atoms with Crippen molar-refractivity contribution in [3.05, 3.63) is 53.2 Å². The normalized spacial score (nSPS) is 21.0. The molecule has 2 atom stereocenters. The number of ether oxygens (including phenoxy) is 1. The van der Waals surface area contributed by atoms with Crippen molar-refractivity contribution in [1.82, 2.24) is 10.1 Å². The first kappa shape index (κ1) is 16.6. The van der Waals surface area contributed by atoms with Gasteiger partial charge in [-0.15, -0.1) is 0 Å². The Morgan fingerprint density at radius 3 is 2.79 bits per heavy atom. The zero-order chi connectivity index (χ0) is 17.1. The van der Waals surface area contributed by atoms with Gasteiger partial charge in [-0.3, -0.25) is 4.79 Å². The molecular formula is C18H21FN2O3. The summed E-state index contributed by atoms with van der Waals surface area (Å²) in [5, 5.41) is 3.80. The summed E-state index contributed by atoms with van der Waals surface area (Å²) in [6, 6.07) is 7.90. The molecule has 2 aromatic rings. The van der Waals surface area contributed by atoms with Gasteiger partial charge in [0.1, 0.15) is 5.82 Å². The van der Waals surface area contributed by atoms with Gasteiger partial charge in [0.25, 0.3) is 5.91 Å². The number of likely N-dealkylation sites (tertiary alicyclic amines) is 1. The first-order valence-corrected chi connectivity index (χ1v) is 8.10. The molecule has 1 amide bonds. The summed E-state index contributed by atoms with van der Waals surface area (Å²) in [5.41, 5.74) is 1.64. The third kappa shape index (κ3) is 3.48. The predicted molar refractivity (Wildman–Crippen MR) is 86.2 cm³/mol. The number of rotatable bonds is 4. The molecule has 5 nitrogen and oxygen atoms in total. The second-order valence-corrected chi connectivity index (χ2v) is 6.15. The quantitative estimate of drug-likeness (QED) is 0.864. The van der Waals surface area contributed by atoms with Gasteiger partial charge in [-0.25, -0.2) is 4.39 Å². The van der Waals surface area contributed by atoms with Crippen LogP contribution in [0.3, 0.4) is 0 Å². The van der Waals surface area contributed by atoms with Gasteiger partial charge in [-0.1, -0.05) is 17.3 Å². The van der Waals surface area contributed by atoms with Crippen LogP contribution in [0.2, 0.25) is 0 Å². The lowest BCUT2D eigenvalue weighted by Crippen LogP contribution is -2.52. The van der Waals surface area contributed by atoms with Crippen molar-refractivity contribution in [2.24, 2.45) is 0 Å². The maximum Gasteiger partial charge on any atom is 0.292 e. The fraction of sp³-hybridized carbons (Fsp3) is 0.444. The van der Waals surface area contributed by atoms with E-state index in [0.29, 0.717) is 18.7 Å². The van der Waals surface area contributed by atoms with E-state index in [-0.39, 0.29) is 29.6 Å². The van der Waals surface area contributed by atoms with Gasteiger partial charge < -0.3 is 14.2 Å². The first-order chi connectivity index (χ1) is 11.6. The van der Waals surface area contributed by atoms with E-state index >= 15 is 0 Å². The van der Waals surface area contributed by atoms with Crippen LogP contribution in [0.15, 0.2) is 34.9 Å². The van der Waals surface area contributed by atoms with Crippen LogP contribution in [0.1, 0.15) is 34.7 Å². The van der Waals surface area contributed by atoms with Gasteiger partial charge in [0, 0.05) is 19.7 Å². The van der Waals surface area contributed by atoms with Gasteiger partial charge in [-0.2, -0.15) is 0 Å². The van der Waals surface area contributed by atoms with E-state index < -0.39 is 0 Å². The van der Waals surface area contributed by atoms with Crippen molar-refractivity contribution in [2.75, 3.05) is 13.7 Å². The molecule has 0 aliphatic carbocycles. The van der Waals surface area contributed by atoms with Crippen molar-refractivity contribution in [3.8, 4) is 0 Å². The Morgan fingerprint density at radius 1 is 1.42 bits per heavy atom. The first-order valence-electron chi connectivity index (χ1n) is 8.10. The average Bonchev–Trinajstić information content (AvgIpc) is 3.03. The van der Waals surface area contributed by atoms with E-state index in [1.165, 1.54) is 12.1 Å². The highest BCUT2D eigenvalue weighted by Crippen LogP contribution is 2.25. The predicted octanol–water partition coefficient (Wildman–Crippen LogP) is 2.98. The third-order valence-electron chi connectivity index (χ3n) is 4.48. The molecule has 1 aromatic carbocycles. The third-order valence-corrected chi connectivity index (χ3v) is 4.48. The Labute approximate surface area is 140 Å². The number of aryl methyl sites for hydroxylation is 1. The largest absolute Gasteiger partial charge is 0.379 e. The molecule has 1 aromatic heterocycles. The van der Waals surface area contributed by atoms with Crippen molar-refractivity contribution < 1.29 is 18.4 Å². The van der Waals surface area contributed by atoms with E-state index in [1.807, 2.05) is 0 Å². The van der Waals surface area contributed by atoms with Gasteiger partial charge in [0.05, 0.1) is 17.8 Å². The van der Waals surface area contributed by atoms with Crippen LogP contribution >= 0.6 is 0 Å². The molecule has 1 fully saturated rings. The van der Waals surface area contributed by atoms with Crippen LogP contribution in [-0.4, -0.2) is 41.8 Å². The molecule has 2 heterocycles. The molecule has 0 saturated carbocycles. The number of amides is 1. The Kier molecular flexibility index (Phi) is 4.94. The molecule has 0 radical (unpaired) electrons. The summed E-state index contributed by atoms with van der Waals surface area (Å²) in [6.45, 7) is 2.43. The summed E-state index contributed by atoms with van der Waals surface area (Å²) in [7, 11) is 1.66. The fourth-order valence-corrected chi connectivity index (χ4v) is 3.26. The summed E-state index contributed by atoms with van der Waals surface area (Å²) >= 11 is 0. The van der Waals surface area contributed by atoms with Gasteiger partial charge in [0.15, 0.2) is 0 Å². The van der Waals surface area contributed by atoms with E-state index in [4.69, 9.17) is 9.26 Å². The highest BCUT2D eigenvalue weighted by molar-refractivity contribution is 5.91. The van der Waals surface area contributed by atoms with E-state index in [9.17, 15) is 9.18 Å². The standard InChI is InChI=1S/C18H21FN2O3/c1-12-10-17(24-20-12)18(22)21-9-3-4-16(23-2)15(21)11-13-5-7-14(19)8-6-13/h5-8,10,15-16H,3-4,9,11H2,1-2H3/t15-,16-/m0/s1. The maximum absolute atomic E-state index is 13.1. The van der Waals surface area contributed by atoms with Crippen molar-refractivity contribution in [2.45, 2.75) is 38.3 Å². The van der Waals surface area contributed by atoms with Crippen molar-refractivity contribution in [1.29, 1.82) is 0 Å². The Balaban J connectivity index is 1.84. The van der Waals surface area contributed by atoms with Crippen LogP contribution in [0.5, 0.6) is 0 Å².